The molecule has 1 atom stereocenters. The third-order valence-electron chi connectivity index (χ3n) is 5.28. The van der Waals surface area contributed by atoms with E-state index in [2.05, 4.69) is 15.1 Å². The summed E-state index contributed by atoms with van der Waals surface area (Å²) in [5.41, 5.74) is 3.80. The highest BCUT2D eigenvalue weighted by atomic mass is 16.3. The van der Waals surface area contributed by atoms with Crippen molar-refractivity contribution in [3.05, 3.63) is 52.8 Å². The Balaban J connectivity index is 1.33. The van der Waals surface area contributed by atoms with Crippen molar-refractivity contribution in [3.63, 3.8) is 0 Å². The standard InChI is InChI=1S/C19H24N4O2/c24-17(14-5-2-1-3-6-14)13-22-9-11-23(12-10-22)19(25)18-15-7-4-8-16(15)20-21-18/h1-3,5-6,17,24H,4,7-13H2,(H,20,21). The van der Waals surface area contributed by atoms with Crippen molar-refractivity contribution in [3.8, 4) is 0 Å². The van der Waals surface area contributed by atoms with E-state index in [9.17, 15) is 9.90 Å². The zero-order valence-electron chi connectivity index (χ0n) is 14.3. The van der Waals surface area contributed by atoms with Crippen LogP contribution < -0.4 is 0 Å². The van der Waals surface area contributed by atoms with Crippen LogP contribution in [0.25, 0.3) is 0 Å². The molecular formula is C19H24N4O2. The Morgan fingerprint density at radius 2 is 1.92 bits per heavy atom. The second kappa shape index (κ2) is 6.98. The Morgan fingerprint density at radius 3 is 2.68 bits per heavy atom. The summed E-state index contributed by atoms with van der Waals surface area (Å²) >= 11 is 0. The van der Waals surface area contributed by atoms with Crippen molar-refractivity contribution >= 4 is 5.91 Å². The maximum atomic E-state index is 12.7. The first kappa shape index (κ1) is 16.3. The topological polar surface area (TPSA) is 72.5 Å². The number of amides is 1. The maximum Gasteiger partial charge on any atom is 0.274 e. The lowest BCUT2D eigenvalue weighted by molar-refractivity contribution is 0.0522. The van der Waals surface area contributed by atoms with Crippen LogP contribution in [0, 0.1) is 0 Å². The molecule has 2 heterocycles. The zero-order chi connectivity index (χ0) is 17.2. The minimum Gasteiger partial charge on any atom is -0.387 e. The van der Waals surface area contributed by atoms with Crippen molar-refractivity contribution in [2.75, 3.05) is 32.7 Å². The molecule has 1 aromatic carbocycles. The molecule has 1 amide bonds. The third-order valence-corrected chi connectivity index (χ3v) is 5.28. The Hall–Kier alpha value is -2.18. The van der Waals surface area contributed by atoms with Gasteiger partial charge in [-0.2, -0.15) is 5.10 Å². The fourth-order valence-corrected chi connectivity index (χ4v) is 3.80. The minimum atomic E-state index is -0.488. The van der Waals surface area contributed by atoms with Gasteiger partial charge in [-0.1, -0.05) is 30.3 Å². The normalized spacial score (nSPS) is 19.0. The number of fused-ring (bicyclic) bond motifs is 1. The molecule has 0 radical (unpaired) electrons. The summed E-state index contributed by atoms with van der Waals surface area (Å²) in [5.74, 6) is 0.0441. The van der Waals surface area contributed by atoms with E-state index < -0.39 is 6.10 Å². The summed E-state index contributed by atoms with van der Waals surface area (Å²) in [4.78, 5) is 16.9. The number of carbonyl (C=O) groups is 1. The Kier molecular flexibility index (Phi) is 4.55. The summed E-state index contributed by atoms with van der Waals surface area (Å²) in [6.45, 7) is 3.53. The number of carbonyl (C=O) groups excluding carboxylic acids is 1. The molecule has 1 aliphatic carbocycles. The number of aromatic nitrogens is 2. The van der Waals surface area contributed by atoms with Gasteiger partial charge in [0.05, 0.1) is 6.10 Å². The smallest absolute Gasteiger partial charge is 0.274 e. The van der Waals surface area contributed by atoms with Gasteiger partial charge in [-0.05, 0) is 24.8 Å². The van der Waals surface area contributed by atoms with E-state index in [1.54, 1.807) is 0 Å². The predicted molar refractivity (Wildman–Crippen MR) is 94.4 cm³/mol. The molecule has 6 nitrogen and oxygen atoms in total. The van der Waals surface area contributed by atoms with Crippen molar-refractivity contribution in [1.29, 1.82) is 0 Å². The number of aromatic amines is 1. The summed E-state index contributed by atoms with van der Waals surface area (Å²) in [7, 11) is 0. The van der Waals surface area contributed by atoms with Crippen molar-refractivity contribution in [1.82, 2.24) is 20.0 Å². The van der Waals surface area contributed by atoms with Gasteiger partial charge in [0.25, 0.3) is 5.91 Å². The molecule has 0 bridgehead atoms. The van der Waals surface area contributed by atoms with Gasteiger partial charge in [0.1, 0.15) is 0 Å². The Morgan fingerprint density at radius 1 is 1.16 bits per heavy atom. The highest BCUT2D eigenvalue weighted by Crippen LogP contribution is 2.24. The summed E-state index contributed by atoms with van der Waals surface area (Å²) in [6, 6.07) is 9.73. The second-order valence-corrected chi connectivity index (χ2v) is 6.90. The largest absolute Gasteiger partial charge is 0.387 e. The molecule has 1 unspecified atom stereocenters. The maximum absolute atomic E-state index is 12.7. The van der Waals surface area contributed by atoms with E-state index in [1.807, 2.05) is 35.2 Å². The van der Waals surface area contributed by atoms with Gasteiger partial charge in [-0.3, -0.25) is 14.8 Å². The van der Waals surface area contributed by atoms with Gasteiger partial charge in [0.2, 0.25) is 0 Å². The quantitative estimate of drug-likeness (QED) is 0.882. The van der Waals surface area contributed by atoms with E-state index in [0.717, 1.165) is 49.2 Å². The number of aliphatic hydroxyl groups excluding tert-OH is 1. The number of aliphatic hydroxyl groups is 1. The van der Waals surface area contributed by atoms with Crippen LogP contribution in [0.2, 0.25) is 0 Å². The molecule has 1 aliphatic heterocycles. The Labute approximate surface area is 147 Å². The van der Waals surface area contributed by atoms with E-state index in [-0.39, 0.29) is 5.91 Å². The first-order valence-electron chi connectivity index (χ1n) is 9.03. The third kappa shape index (κ3) is 3.32. The van der Waals surface area contributed by atoms with Crippen LogP contribution in [-0.4, -0.2) is 63.7 Å². The number of nitrogens with one attached hydrogen (secondary N) is 1. The number of H-pyrrole nitrogens is 1. The molecule has 0 spiro atoms. The van der Waals surface area contributed by atoms with Crippen LogP contribution in [0.5, 0.6) is 0 Å². The zero-order valence-corrected chi connectivity index (χ0v) is 14.3. The summed E-state index contributed by atoms with van der Waals surface area (Å²) < 4.78 is 0. The molecule has 1 saturated heterocycles. The fraction of sp³-hybridized carbons (Fsp3) is 0.474. The molecule has 132 valence electrons. The predicted octanol–water partition coefficient (Wildman–Crippen LogP) is 1.39. The Bertz CT molecular complexity index is 735. The first-order chi connectivity index (χ1) is 12.2. The monoisotopic (exact) mass is 340 g/mol. The van der Waals surface area contributed by atoms with Crippen LogP contribution in [0.3, 0.4) is 0 Å². The van der Waals surface area contributed by atoms with Crippen LogP contribution in [0.15, 0.2) is 30.3 Å². The number of nitrogens with zero attached hydrogens (tertiary/aromatic N) is 3. The number of hydrogen-bond donors (Lipinski definition) is 2. The van der Waals surface area contributed by atoms with E-state index >= 15 is 0 Å². The number of rotatable bonds is 4. The van der Waals surface area contributed by atoms with Crippen LogP contribution >= 0.6 is 0 Å². The van der Waals surface area contributed by atoms with Gasteiger partial charge in [-0.25, -0.2) is 0 Å². The summed E-state index contributed by atoms with van der Waals surface area (Å²) in [6.07, 6.45) is 2.57. The average molecular weight is 340 g/mol. The molecule has 2 N–H and O–H groups in total. The number of hydrogen-bond acceptors (Lipinski definition) is 4. The molecular weight excluding hydrogens is 316 g/mol. The van der Waals surface area contributed by atoms with E-state index in [1.165, 1.54) is 0 Å². The minimum absolute atomic E-state index is 0.0441. The number of piperazine rings is 1. The van der Waals surface area contributed by atoms with Crippen LogP contribution in [0.1, 0.15) is 39.8 Å². The number of aryl methyl sites for hydroxylation is 1. The van der Waals surface area contributed by atoms with Gasteiger partial charge in [0, 0.05) is 44.0 Å². The molecule has 6 heteroatoms. The van der Waals surface area contributed by atoms with Crippen LogP contribution in [0.4, 0.5) is 0 Å². The van der Waals surface area contributed by atoms with Crippen molar-refractivity contribution in [2.24, 2.45) is 0 Å². The number of benzene rings is 1. The lowest BCUT2D eigenvalue weighted by Crippen LogP contribution is -2.49. The average Bonchev–Trinajstić information content (AvgIpc) is 3.26. The molecule has 1 aromatic heterocycles. The first-order valence-corrected chi connectivity index (χ1v) is 9.03. The molecule has 1 fully saturated rings. The van der Waals surface area contributed by atoms with E-state index in [4.69, 9.17) is 0 Å². The highest BCUT2D eigenvalue weighted by molar-refractivity contribution is 5.94. The van der Waals surface area contributed by atoms with Gasteiger partial charge in [-0.15, -0.1) is 0 Å². The highest BCUT2D eigenvalue weighted by Gasteiger charge is 2.29. The van der Waals surface area contributed by atoms with Gasteiger partial charge < -0.3 is 10.0 Å². The lowest BCUT2D eigenvalue weighted by Gasteiger charge is -2.35. The van der Waals surface area contributed by atoms with Gasteiger partial charge >= 0.3 is 0 Å². The van der Waals surface area contributed by atoms with Crippen molar-refractivity contribution in [2.45, 2.75) is 25.4 Å². The van der Waals surface area contributed by atoms with Gasteiger partial charge in [0.15, 0.2) is 5.69 Å². The van der Waals surface area contributed by atoms with E-state index in [0.29, 0.717) is 25.3 Å². The van der Waals surface area contributed by atoms with Crippen LogP contribution in [-0.2, 0) is 12.8 Å². The second-order valence-electron chi connectivity index (χ2n) is 6.90. The SMILES string of the molecule is O=C(c1n[nH]c2c1CCC2)N1CCN(CC(O)c2ccccc2)CC1. The summed E-state index contributed by atoms with van der Waals surface area (Å²) in [5, 5.41) is 17.6. The lowest BCUT2D eigenvalue weighted by atomic mass is 10.1. The molecule has 2 aromatic rings. The number of β-amino-alcohol motifs (C(OH)–C–C–N with tert-alkyl or cyclic N) is 1. The molecule has 25 heavy (non-hydrogen) atoms. The van der Waals surface area contributed by atoms with Crippen molar-refractivity contribution < 1.29 is 9.90 Å². The fourth-order valence-electron chi connectivity index (χ4n) is 3.80. The molecule has 0 saturated carbocycles. The molecule has 4 rings (SSSR count). The molecule has 2 aliphatic rings.